The second kappa shape index (κ2) is 5.45. The molecule has 0 fully saturated rings. The van der Waals surface area contributed by atoms with Gasteiger partial charge in [0.1, 0.15) is 0 Å². The summed E-state index contributed by atoms with van der Waals surface area (Å²) in [6.45, 7) is 0. The minimum atomic E-state index is 0.202. The molecule has 4 unspecified atom stereocenters. The summed E-state index contributed by atoms with van der Waals surface area (Å²) in [5.74, 6) is 1.38. The largest absolute Gasteiger partial charge is 0.324 e. The van der Waals surface area contributed by atoms with Gasteiger partial charge in [0, 0.05) is 17.4 Å². The maximum absolute atomic E-state index is 6.48. The Morgan fingerprint density at radius 1 is 0.885 bits per heavy atom. The second-order valence-corrected chi connectivity index (χ2v) is 9.10. The van der Waals surface area contributed by atoms with Crippen molar-refractivity contribution in [1.82, 2.24) is 0 Å². The summed E-state index contributed by atoms with van der Waals surface area (Å²) in [7, 11) is 0. The van der Waals surface area contributed by atoms with E-state index in [1.165, 1.54) is 51.4 Å². The van der Waals surface area contributed by atoms with Crippen molar-refractivity contribution in [3.63, 3.8) is 0 Å². The highest BCUT2D eigenvalue weighted by Gasteiger charge is 2.59. The van der Waals surface area contributed by atoms with Crippen molar-refractivity contribution in [2.24, 2.45) is 23.0 Å². The Bertz CT molecular complexity index is 859. The predicted octanol–water partition coefficient (Wildman–Crippen LogP) is 5.68. The molecule has 134 valence electrons. The Balaban J connectivity index is 1.66. The van der Waals surface area contributed by atoms with Gasteiger partial charge in [0.05, 0.1) is 0 Å². The van der Waals surface area contributed by atoms with Crippen LogP contribution in [-0.4, -0.2) is 6.04 Å². The summed E-state index contributed by atoms with van der Waals surface area (Å²) in [5.41, 5.74) is 17.1. The number of hydrogen-bond acceptors (Lipinski definition) is 1. The van der Waals surface area contributed by atoms with E-state index in [2.05, 4.69) is 36.5 Å². The average molecular weight is 344 g/mol. The van der Waals surface area contributed by atoms with Crippen LogP contribution in [-0.2, 0) is 0 Å². The van der Waals surface area contributed by atoms with Crippen LogP contribution in [0.1, 0.15) is 57.8 Å². The van der Waals surface area contributed by atoms with Gasteiger partial charge in [-0.05, 0) is 86.0 Å². The van der Waals surface area contributed by atoms with Crippen LogP contribution in [0.4, 0.5) is 0 Å². The molecule has 6 aliphatic carbocycles. The van der Waals surface area contributed by atoms with Gasteiger partial charge in [-0.15, -0.1) is 0 Å². The Morgan fingerprint density at radius 2 is 1.81 bits per heavy atom. The van der Waals surface area contributed by atoms with E-state index in [1.54, 1.807) is 27.9 Å². The molecule has 4 atom stereocenters. The van der Waals surface area contributed by atoms with E-state index in [-0.39, 0.29) is 11.5 Å². The van der Waals surface area contributed by atoms with Gasteiger partial charge in [0.2, 0.25) is 0 Å². The fraction of sp³-hybridized carbons (Fsp3) is 0.520. The standard InChI is InChI=1S/C25H29N/c26-16-13-14-20-19-9-3-6-12-23(19)25(24(20)15-16)21-10-4-1-7-17(21)18-8-2-5-11-22(18)25/h1-2,7-8,13-14,16-17,21H,3-6,9-12,15,26H2. The van der Waals surface area contributed by atoms with Crippen LogP contribution in [0.2, 0.25) is 0 Å². The topological polar surface area (TPSA) is 26.0 Å². The molecular formula is C25H29N. The molecule has 0 heterocycles. The highest BCUT2D eigenvalue weighted by atomic mass is 14.7. The zero-order valence-corrected chi connectivity index (χ0v) is 15.6. The van der Waals surface area contributed by atoms with Gasteiger partial charge in [-0.1, -0.05) is 47.6 Å². The van der Waals surface area contributed by atoms with E-state index in [0.717, 1.165) is 12.3 Å². The number of nitrogens with two attached hydrogens (primary N) is 1. The lowest BCUT2D eigenvalue weighted by molar-refractivity contribution is 0.257. The monoisotopic (exact) mass is 343 g/mol. The zero-order chi connectivity index (χ0) is 17.3. The number of hydrogen-bond donors (Lipinski definition) is 1. The molecule has 0 radical (unpaired) electrons. The van der Waals surface area contributed by atoms with Crippen molar-refractivity contribution in [3.8, 4) is 0 Å². The smallest absolute Gasteiger partial charge is 0.0388 e. The molecule has 6 aliphatic rings. The summed E-state index contributed by atoms with van der Waals surface area (Å²) < 4.78 is 0. The third kappa shape index (κ3) is 1.76. The molecule has 0 saturated heterocycles. The number of allylic oxidation sites excluding steroid dienone is 10. The first-order valence-corrected chi connectivity index (χ1v) is 10.8. The Kier molecular flexibility index (Phi) is 3.24. The maximum Gasteiger partial charge on any atom is 0.0388 e. The van der Waals surface area contributed by atoms with E-state index in [9.17, 15) is 0 Å². The summed E-state index contributed by atoms with van der Waals surface area (Å²) in [6.07, 6.45) is 26.1. The molecule has 6 rings (SSSR count). The van der Waals surface area contributed by atoms with Gasteiger partial charge >= 0.3 is 0 Å². The van der Waals surface area contributed by atoms with Gasteiger partial charge in [0.25, 0.3) is 0 Å². The molecule has 0 aromatic carbocycles. The molecule has 1 heteroatoms. The fourth-order valence-electron chi connectivity index (χ4n) is 7.30. The molecule has 2 N–H and O–H groups in total. The average Bonchev–Trinajstić information content (AvgIpc) is 3.15. The number of fused-ring (bicyclic) bond motifs is 7. The molecule has 1 nitrogen and oxygen atoms in total. The first-order chi connectivity index (χ1) is 12.8. The van der Waals surface area contributed by atoms with Gasteiger partial charge in [0.15, 0.2) is 0 Å². The normalized spacial score (nSPS) is 40.3. The SMILES string of the molecule is NC1C=CC2=C(C1)C1(C3=C2CCCC3)C2=C(C=CCC2)C2C=CCCC21. The van der Waals surface area contributed by atoms with Gasteiger partial charge in [-0.3, -0.25) is 0 Å². The van der Waals surface area contributed by atoms with Crippen LogP contribution in [0.3, 0.4) is 0 Å². The van der Waals surface area contributed by atoms with Crippen LogP contribution < -0.4 is 5.73 Å². The summed E-state index contributed by atoms with van der Waals surface area (Å²) in [6, 6.07) is 0.202. The lowest BCUT2D eigenvalue weighted by Crippen LogP contribution is -2.37. The van der Waals surface area contributed by atoms with Crippen LogP contribution in [0.5, 0.6) is 0 Å². The van der Waals surface area contributed by atoms with Crippen LogP contribution in [0, 0.1) is 17.3 Å². The lowest BCUT2D eigenvalue weighted by Gasteiger charge is -2.44. The molecule has 0 aliphatic heterocycles. The fourth-order valence-corrected chi connectivity index (χ4v) is 7.30. The van der Waals surface area contributed by atoms with Crippen molar-refractivity contribution in [3.05, 3.63) is 69.9 Å². The zero-order valence-electron chi connectivity index (χ0n) is 15.6. The Labute approximate surface area is 157 Å². The van der Waals surface area contributed by atoms with Crippen molar-refractivity contribution in [1.29, 1.82) is 0 Å². The predicted molar refractivity (Wildman–Crippen MR) is 107 cm³/mol. The summed E-state index contributed by atoms with van der Waals surface area (Å²) in [5, 5.41) is 0. The first kappa shape index (κ1) is 15.5. The van der Waals surface area contributed by atoms with E-state index in [4.69, 9.17) is 5.73 Å². The summed E-state index contributed by atoms with van der Waals surface area (Å²) in [4.78, 5) is 0. The second-order valence-electron chi connectivity index (χ2n) is 9.10. The van der Waals surface area contributed by atoms with Gasteiger partial charge < -0.3 is 5.73 Å². The van der Waals surface area contributed by atoms with Gasteiger partial charge in [-0.2, -0.15) is 0 Å². The van der Waals surface area contributed by atoms with Crippen LogP contribution in [0.25, 0.3) is 0 Å². The van der Waals surface area contributed by atoms with Gasteiger partial charge in [-0.25, -0.2) is 0 Å². The van der Waals surface area contributed by atoms with Crippen LogP contribution in [0.15, 0.2) is 69.9 Å². The molecule has 0 saturated carbocycles. The molecule has 0 bridgehead atoms. The summed E-state index contributed by atoms with van der Waals surface area (Å²) >= 11 is 0. The highest BCUT2D eigenvalue weighted by Crippen LogP contribution is 2.70. The van der Waals surface area contributed by atoms with Crippen molar-refractivity contribution in [2.75, 3.05) is 0 Å². The van der Waals surface area contributed by atoms with Crippen molar-refractivity contribution < 1.29 is 0 Å². The molecule has 0 aromatic heterocycles. The van der Waals surface area contributed by atoms with E-state index >= 15 is 0 Å². The minimum absolute atomic E-state index is 0.202. The van der Waals surface area contributed by atoms with E-state index in [1.807, 2.05) is 5.57 Å². The molecule has 1 spiro atoms. The molecule has 0 aromatic rings. The van der Waals surface area contributed by atoms with Crippen LogP contribution >= 0.6 is 0 Å². The maximum atomic E-state index is 6.48. The first-order valence-electron chi connectivity index (χ1n) is 10.8. The third-order valence-corrected chi connectivity index (χ3v) is 8.04. The van der Waals surface area contributed by atoms with E-state index < -0.39 is 0 Å². The van der Waals surface area contributed by atoms with E-state index in [0.29, 0.717) is 5.92 Å². The minimum Gasteiger partial charge on any atom is -0.324 e. The molecule has 26 heavy (non-hydrogen) atoms. The van der Waals surface area contributed by atoms with Crippen molar-refractivity contribution in [2.45, 2.75) is 63.8 Å². The quantitative estimate of drug-likeness (QED) is 0.562. The third-order valence-electron chi connectivity index (χ3n) is 8.04. The Morgan fingerprint density at radius 3 is 2.77 bits per heavy atom. The molecular weight excluding hydrogens is 314 g/mol. The number of rotatable bonds is 0. The lowest BCUT2D eigenvalue weighted by atomic mass is 9.58. The van der Waals surface area contributed by atoms with Crippen molar-refractivity contribution >= 4 is 0 Å². The highest BCUT2D eigenvalue weighted by molar-refractivity contribution is 5.68. The Hall–Kier alpha value is -1.60. The molecule has 0 amide bonds.